The molecule has 0 aliphatic carbocycles. The minimum Gasteiger partial charge on any atom is -0.360 e. The molecule has 2 nitrogen and oxygen atoms in total. The van der Waals surface area contributed by atoms with Gasteiger partial charge in [-0.25, -0.2) is 8.78 Å². The maximum Gasteiger partial charge on any atom is 0.416 e. The summed E-state index contributed by atoms with van der Waals surface area (Å²) in [5.41, 5.74) is 0.615. The van der Waals surface area contributed by atoms with Crippen LogP contribution in [0.15, 0.2) is 42.5 Å². The molecular weight excluding hydrogens is 339 g/mol. The Labute approximate surface area is 142 Å². The van der Waals surface area contributed by atoms with Crippen LogP contribution in [-0.2, 0) is 12.7 Å². The van der Waals surface area contributed by atoms with Crippen molar-refractivity contribution in [2.75, 3.05) is 31.1 Å². The Hall–Kier alpha value is -2.15. The lowest BCUT2D eigenvalue weighted by Crippen LogP contribution is -3.13. The molecule has 25 heavy (non-hydrogen) atoms. The van der Waals surface area contributed by atoms with E-state index in [0.717, 1.165) is 25.2 Å². The quantitative estimate of drug-likeness (QED) is 0.830. The number of alkyl halides is 3. The van der Waals surface area contributed by atoms with Crippen molar-refractivity contribution in [2.45, 2.75) is 12.7 Å². The summed E-state index contributed by atoms with van der Waals surface area (Å²) in [5.74, 6) is -1.73. The summed E-state index contributed by atoms with van der Waals surface area (Å²) in [6.07, 6.45) is -4.35. The van der Waals surface area contributed by atoms with Crippen LogP contribution in [0, 0.1) is 11.6 Å². The molecule has 2 aromatic rings. The number of quaternary nitrogens is 1. The number of nitrogens with zero attached hydrogens (tertiary/aromatic N) is 1. The van der Waals surface area contributed by atoms with E-state index in [1.807, 2.05) is 4.90 Å². The van der Waals surface area contributed by atoms with E-state index >= 15 is 0 Å². The summed E-state index contributed by atoms with van der Waals surface area (Å²) in [6, 6.07) is 9.19. The molecule has 0 aromatic heterocycles. The summed E-state index contributed by atoms with van der Waals surface area (Å²) < 4.78 is 64.7. The lowest BCUT2D eigenvalue weighted by atomic mass is 10.1. The molecule has 1 heterocycles. The molecule has 0 spiro atoms. The summed E-state index contributed by atoms with van der Waals surface area (Å²) in [5, 5.41) is 0. The van der Waals surface area contributed by atoms with Gasteiger partial charge in [0.15, 0.2) is 11.6 Å². The number of hydrogen-bond donors (Lipinski definition) is 1. The first-order chi connectivity index (χ1) is 11.8. The van der Waals surface area contributed by atoms with Crippen molar-refractivity contribution >= 4 is 5.69 Å². The number of rotatable bonds is 3. The molecule has 134 valence electrons. The molecule has 0 saturated carbocycles. The first-order valence-corrected chi connectivity index (χ1v) is 8.02. The van der Waals surface area contributed by atoms with Crippen molar-refractivity contribution in [3.8, 4) is 0 Å². The van der Waals surface area contributed by atoms with Gasteiger partial charge in [0.2, 0.25) is 0 Å². The van der Waals surface area contributed by atoms with Crippen LogP contribution in [0.25, 0.3) is 0 Å². The zero-order chi connectivity index (χ0) is 18.0. The summed E-state index contributed by atoms with van der Waals surface area (Å²) >= 11 is 0. The third kappa shape index (κ3) is 4.28. The van der Waals surface area contributed by atoms with Crippen LogP contribution in [0.4, 0.5) is 27.6 Å². The predicted octanol–water partition coefficient (Wildman–Crippen LogP) is 2.89. The molecule has 1 aliphatic heterocycles. The monoisotopic (exact) mass is 357 g/mol. The highest BCUT2D eigenvalue weighted by Crippen LogP contribution is 2.31. The van der Waals surface area contributed by atoms with Crippen molar-refractivity contribution in [1.82, 2.24) is 0 Å². The smallest absolute Gasteiger partial charge is 0.360 e. The summed E-state index contributed by atoms with van der Waals surface area (Å²) in [4.78, 5) is 3.11. The van der Waals surface area contributed by atoms with Gasteiger partial charge in [0.25, 0.3) is 0 Å². The van der Waals surface area contributed by atoms with Crippen molar-refractivity contribution < 1.29 is 26.9 Å². The van der Waals surface area contributed by atoms with Gasteiger partial charge in [-0.1, -0.05) is 12.1 Å². The average molecular weight is 357 g/mol. The fraction of sp³-hybridized carbons (Fsp3) is 0.333. The highest BCUT2D eigenvalue weighted by Gasteiger charge is 2.31. The van der Waals surface area contributed by atoms with Gasteiger partial charge in [-0.2, -0.15) is 13.2 Å². The fourth-order valence-corrected chi connectivity index (χ4v) is 3.08. The minimum atomic E-state index is -4.35. The Balaban J connectivity index is 1.61. The van der Waals surface area contributed by atoms with E-state index in [2.05, 4.69) is 0 Å². The van der Waals surface area contributed by atoms with E-state index in [9.17, 15) is 22.0 Å². The third-order valence-corrected chi connectivity index (χ3v) is 4.45. The van der Waals surface area contributed by atoms with Crippen LogP contribution in [0.1, 0.15) is 11.1 Å². The van der Waals surface area contributed by atoms with Gasteiger partial charge in [0, 0.05) is 11.3 Å². The Bertz CT molecular complexity index is 736. The van der Waals surface area contributed by atoms with Crippen LogP contribution in [0.3, 0.4) is 0 Å². The topological polar surface area (TPSA) is 7.68 Å². The van der Waals surface area contributed by atoms with E-state index in [-0.39, 0.29) is 0 Å². The molecular formula is C18H18F5N2+. The molecule has 0 bridgehead atoms. The minimum absolute atomic E-state index is 0.557. The summed E-state index contributed by atoms with van der Waals surface area (Å²) in [6.45, 7) is 3.22. The number of piperazine rings is 1. The van der Waals surface area contributed by atoms with Gasteiger partial charge < -0.3 is 9.80 Å². The highest BCUT2D eigenvalue weighted by atomic mass is 19.4. The molecule has 0 radical (unpaired) electrons. The van der Waals surface area contributed by atoms with Gasteiger partial charge in [-0.15, -0.1) is 0 Å². The maximum atomic E-state index is 13.3. The van der Waals surface area contributed by atoms with Crippen LogP contribution < -0.4 is 9.80 Å². The Morgan fingerprint density at radius 3 is 2.28 bits per heavy atom. The fourth-order valence-electron chi connectivity index (χ4n) is 3.08. The normalized spacial score (nSPS) is 16.3. The van der Waals surface area contributed by atoms with Crippen molar-refractivity contribution in [3.05, 3.63) is 65.2 Å². The van der Waals surface area contributed by atoms with Gasteiger partial charge in [-0.05, 0) is 30.3 Å². The Morgan fingerprint density at radius 1 is 0.920 bits per heavy atom. The van der Waals surface area contributed by atoms with Crippen molar-refractivity contribution in [1.29, 1.82) is 0 Å². The highest BCUT2D eigenvalue weighted by molar-refractivity contribution is 5.49. The van der Waals surface area contributed by atoms with E-state index in [1.165, 1.54) is 23.1 Å². The molecule has 3 rings (SSSR count). The molecule has 2 aromatic carbocycles. The maximum absolute atomic E-state index is 13.3. The van der Waals surface area contributed by atoms with Gasteiger partial charge >= 0.3 is 6.18 Å². The first kappa shape index (κ1) is 17.7. The average Bonchev–Trinajstić information content (AvgIpc) is 2.58. The SMILES string of the molecule is Fc1ccc(C[NH+]2CCN(c3cccc(C(F)(F)F)c3)CC2)cc1F. The lowest BCUT2D eigenvalue weighted by molar-refractivity contribution is -0.914. The Kier molecular flexibility index (Phi) is 4.94. The number of hydrogen-bond acceptors (Lipinski definition) is 1. The lowest BCUT2D eigenvalue weighted by Gasteiger charge is -2.34. The van der Waals surface area contributed by atoms with Crippen molar-refractivity contribution in [2.24, 2.45) is 0 Å². The molecule has 1 N–H and O–H groups in total. The van der Waals surface area contributed by atoms with E-state index < -0.39 is 23.4 Å². The van der Waals surface area contributed by atoms with E-state index in [1.54, 1.807) is 12.1 Å². The second kappa shape index (κ2) is 7.00. The van der Waals surface area contributed by atoms with Crippen LogP contribution in [0.5, 0.6) is 0 Å². The number of nitrogens with one attached hydrogen (secondary N) is 1. The third-order valence-electron chi connectivity index (χ3n) is 4.45. The second-order valence-electron chi connectivity index (χ2n) is 6.21. The van der Waals surface area contributed by atoms with Gasteiger partial charge in [0.1, 0.15) is 6.54 Å². The number of anilines is 1. The van der Waals surface area contributed by atoms with Gasteiger partial charge in [-0.3, -0.25) is 0 Å². The molecule has 1 fully saturated rings. The Morgan fingerprint density at radius 2 is 1.64 bits per heavy atom. The number of halogens is 5. The molecule has 0 unspecified atom stereocenters. The molecule has 7 heteroatoms. The van der Waals surface area contributed by atoms with Gasteiger partial charge in [0.05, 0.1) is 31.7 Å². The van der Waals surface area contributed by atoms with E-state index in [0.29, 0.717) is 30.9 Å². The predicted molar refractivity (Wildman–Crippen MR) is 84.4 cm³/mol. The van der Waals surface area contributed by atoms with Crippen molar-refractivity contribution in [3.63, 3.8) is 0 Å². The zero-order valence-corrected chi connectivity index (χ0v) is 13.4. The second-order valence-corrected chi connectivity index (χ2v) is 6.21. The largest absolute Gasteiger partial charge is 0.416 e. The zero-order valence-electron chi connectivity index (χ0n) is 13.4. The van der Waals surface area contributed by atoms with E-state index in [4.69, 9.17) is 0 Å². The van der Waals surface area contributed by atoms with Crippen LogP contribution in [0.2, 0.25) is 0 Å². The summed E-state index contributed by atoms with van der Waals surface area (Å²) in [7, 11) is 0. The molecule has 0 amide bonds. The van der Waals surface area contributed by atoms with Crippen LogP contribution in [-0.4, -0.2) is 26.2 Å². The number of benzene rings is 2. The molecule has 1 aliphatic rings. The molecule has 0 atom stereocenters. The van der Waals surface area contributed by atoms with Crippen LogP contribution >= 0.6 is 0 Å². The first-order valence-electron chi connectivity index (χ1n) is 8.02. The molecule has 1 saturated heterocycles. The standard InChI is InChI=1S/C18H17F5N2/c19-16-5-4-13(10-17(16)20)12-24-6-8-25(9-7-24)15-3-1-2-14(11-15)18(21,22)23/h1-5,10-11H,6-9,12H2/p+1.